The highest BCUT2D eigenvalue weighted by atomic mass is 19.2. The quantitative estimate of drug-likeness (QED) is 0.421. The van der Waals surface area contributed by atoms with Crippen LogP contribution < -0.4 is 5.32 Å². The van der Waals surface area contributed by atoms with E-state index in [4.69, 9.17) is 9.84 Å². The molecule has 3 nitrogen and oxygen atoms in total. The lowest BCUT2D eigenvalue weighted by molar-refractivity contribution is 0.0931. The van der Waals surface area contributed by atoms with Gasteiger partial charge in [-0.15, -0.1) is 0 Å². The highest BCUT2D eigenvalue weighted by Crippen LogP contribution is 2.27. The number of benzene rings is 2. The van der Waals surface area contributed by atoms with Crippen LogP contribution in [0.2, 0.25) is 0 Å². The summed E-state index contributed by atoms with van der Waals surface area (Å²) in [7, 11) is 0. The van der Waals surface area contributed by atoms with Gasteiger partial charge in [0, 0.05) is 6.54 Å². The lowest BCUT2D eigenvalue weighted by atomic mass is 9.97. The number of hydrogen-bond acceptors (Lipinski definition) is 3. The Morgan fingerprint density at radius 2 is 1.19 bits per heavy atom. The van der Waals surface area contributed by atoms with E-state index in [0.717, 1.165) is 0 Å². The minimum atomic E-state index is -1.68. The minimum Gasteiger partial charge on any atom is -0.394 e. The molecule has 0 heterocycles. The molecular weight excluding hydrogens is 364 g/mol. The summed E-state index contributed by atoms with van der Waals surface area (Å²) >= 11 is 0. The van der Waals surface area contributed by atoms with Gasteiger partial charge in [0.2, 0.25) is 0 Å². The molecule has 0 unspecified atom stereocenters. The van der Waals surface area contributed by atoms with Gasteiger partial charge in [0.25, 0.3) is 0 Å². The van der Waals surface area contributed by atoms with Gasteiger partial charge in [0.05, 0.1) is 25.9 Å². The number of halogens is 6. The van der Waals surface area contributed by atoms with E-state index in [1.165, 1.54) is 0 Å². The first-order valence-corrected chi connectivity index (χ1v) is 7.56. The molecule has 0 saturated carbocycles. The molecule has 0 spiro atoms. The summed E-state index contributed by atoms with van der Waals surface area (Å²) < 4.78 is 85.4. The molecule has 0 bridgehead atoms. The molecule has 0 amide bonds. The van der Waals surface area contributed by atoms with Crippen molar-refractivity contribution in [2.45, 2.75) is 6.04 Å². The summed E-state index contributed by atoms with van der Waals surface area (Å²) in [5.74, 6) is -9.29. The van der Waals surface area contributed by atoms with Crippen molar-refractivity contribution < 1.29 is 36.2 Å². The molecular formula is C17H15F6NO2. The van der Waals surface area contributed by atoms with Crippen LogP contribution in [0.3, 0.4) is 0 Å². The Kier molecular flexibility index (Phi) is 7.01. The van der Waals surface area contributed by atoms with Gasteiger partial charge < -0.3 is 15.2 Å². The fraction of sp³-hybridized carbons (Fsp3) is 0.294. The van der Waals surface area contributed by atoms with Crippen molar-refractivity contribution in [2.24, 2.45) is 0 Å². The fourth-order valence-corrected chi connectivity index (χ4v) is 2.35. The van der Waals surface area contributed by atoms with Crippen molar-refractivity contribution in [3.05, 3.63) is 70.3 Å². The van der Waals surface area contributed by atoms with Crippen molar-refractivity contribution >= 4 is 0 Å². The molecule has 0 atom stereocenters. The Hall–Kier alpha value is -2.10. The van der Waals surface area contributed by atoms with Gasteiger partial charge in [-0.2, -0.15) is 0 Å². The van der Waals surface area contributed by atoms with Crippen molar-refractivity contribution in [3.63, 3.8) is 0 Å². The standard InChI is InChI=1S/C17H15F6NO2/c18-11-5-9(6-12(19)15(11)22)17(24-1-3-26-4-2-25)10-7-13(20)16(23)14(21)8-10/h5-8,17,24-25H,1-4H2. The van der Waals surface area contributed by atoms with E-state index in [1.54, 1.807) is 0 Å². The first-order valence-electron chi connectivity index (χ1n) is 7.56. The molecule has 2 rings (SSSR count). The largest absolute Gasteiger partial charge is 0.394 e. The lowest BCUT2D eigenvalue weighted by Crippen LogP contribution is -2.27. The Morgan fingerprint density at radius 3 is 1.58 bits per heavy atom. The van der Waals surface area contributed by atoms with Crippen LogP contribution in [-0.2, 0) is 4.74 Å². The van der Waals surface area contributed by atoms with E-state index >= 15 is 0 Å². The molecule has 9 heteroatoms. The third-order valence-electron chi connectivity index (χ3n) is 3.51. The number of hydrogen-bond donors (Lipinski definition) is 2. The van der Waals surface area contributed by atoms with Crippen molar-refractivity contribution in [1.29, 1.82) is 0 Å². The summed E-state index contributed by atoms with van der Waals surface area (Å²) in [5.41, 5.74) is -0.317. The zero-order valence-electron chi connectivity index (χ0n) is 13.3. The van der Waals surface area contributed by atoms with Crippen LogP contribution >= 0.6 is 0 Å². The SMILES string of the molecule is OCCOCCNC(c1cc(F)c(F)c(F)c1)c1cc(F)c(F)c(F)c1. The van der Waals surface area contributed by atoms with Crippen molar-refractivity contribution in [1.82, 2.24) is 5.32 Å². The zero-order chi connectivity index (χ0) is 19.3. The Balaban J connectivity index is 2.36. The Morgan fingerprint density at radius 1 is 0.769 bits per heavy atom. The molecule has 0 radical (unpaired) electrons. The third kappa shape index (κ3) is 4.75. The summed E-state index contributed by atoms with van der Waals surface area (Å²) in [6.45, 7) is -0.0422. The van der Waals surface area contributed by atoms with Crippen LogP contribution in [0.5, 0.6) is 0 Å². The smallest absolute Gasteiger partial charge is 0.194 e. The highest BCUT2D eigenvalue weighted by Gasteiger charge is 2.22. The summed E-state index contributed by atoms with van der Waals surface area (Å²) in [5, 5.41) is 11.4. The van der Waals surface area contributed by atoms with Crippen LogP contribution in [0, 0.1) is 34.9 Å². The maximum absolute atomic E-state index is 13.5. The molecule has 2 N–H and O–H groups in total. The number of aliphatic hydroxyl groups is 1. The zero-order valence-corrected chi connectivity index (χ0v) is 13.3. The molecule has 2 aromatic rings. The second-order valence-electron chi connectivity index (χ2n) is 5.32. The van der Waals surface area contributed by atoms with Gasteiger partial charge in [0.15, 0.2) is 34.9 Å². The first kappa shape index (κ1) is 20.2. The predicted octanol–water partition coefficient (Wildman–Crippen LogP) is 3.21. The van der Waals surface area contributed by atoms with Gasteiger partial charge in [-0.05, 0) is 35.4 Å². The van der Waals surface area contributed by atoms with E-state index in [0.29, 0.717) is 24.3 Å². The average Bonchev–Trinajstić information content (AvgIpc) is 2.60. The summed E-state index contributed by atoms with van der Waals surface area (Å²) in [6.07, 6.45) is 0. The molecule has 0 aliphatic heterocycles. The third-order valence-corrected chi connectivity index (χ3v) is 3.51. The molecule has 0 fully saturated rings. The van der Waals surface area contributed by atoms with E-state index < -0.39 is 40.9 Å². The number of nitrogens with one attached hydrogen (secondary N) is 1. The van der Waals surface area contributed by atoms with Gasteiger partial charge in [0.1, 0.15) is 0 Å². The molecule has 2 aromatic carbocycles. The highest BCUT2D eigenvalue weighted by molar-refractivity contribution is 5.34. The molecule has 0 saturated heterocycles. The van der Waals surface area contributed by atoms with Crippen LogP contribution in [0.15, 0.2) is 24.3 Å². The van der Waals surface area contributed by atoms with Gasteiger partial charge in [-0.3, -0.25) is 0 Å². The predicted molar refractivity (Wildman–Crippen MR) is 80.4 cm³/mol. The van der Waals surface area contributed by atoms with E-state index in [9.17, 15) is 26.3 Å². The van der Waals surface area contributed by atoms with Gasteiger partial charge in [-0.1, -0.05) is 0 Å². The molecule has 0 aliphatic rings. The van der Waals surface area contributed by atoms with Crippen LogP contribution in [-0.4, -0.2) is 31.5 Å². The fourth-order valence-electron chi connectivity index (χ4n) is 2.35. The topological polar surface area (TPSA) is 41.5 Å². The molecule has 26 heavy (non-hydrogen) atoms. The Labute approximate surface area is 145 Å². The molecule has 142 valence electrons. The monoisotopic (exact) mass is 379 g/mol. The average molecular weight is 379 g/mol. The number of ether oxygens (including phenoxy) is 1. The molecule has 0 aromatic heterocycles. The summed E-state index contributed by atoms with van der Waals surface area (Å²) in [4.78, 5) is 0. The van der Waals surface area contributed by atoms with Crippen molar-refractivity contribution in [3.8, 4) is 0 Å². The first-order chi connectivity index (χ1) is 12.3. The maximum Gasteiger partial charge on any atom is 0.194 e. The van der Waals surface area contributed by atoms with Crippen LogP contribution in [0.4, 0.5) is 26.3 Å². The minimum absolute atomic E-state index is 0.0476. The molecule has 0 aliphatic carbocycles. The van der Waals surface area contributed by atoms with E-state index in [2.05, 4.69) is 5.32 Å². The normalized spacial score (nSPS) is 11.4. The van der Waals surface area contributed by atoms with Crippen LogP contribution in [0.25, 0.3) is 0 Å². The van der Waals surface area contributed by atoms with Crippen molar-refractivity contribution in [2.75, 3.05) is 26.4 Å². The summed E-state index contributed by atoms with van der Waals surface area (Å²) in [6, 6.07) is 1.52. The van der Waals surface area contributed by atoms with Crippen LogP contribution in [0.1, 0.15) is 17.2 Å². The second kappa shape index (κ2) is 9.02. The second-order valence-corrected chi connectivity index (χ2v) is 5.32. The van der Waals surface area contributed by atoms with E-state index in [-0.39, 0.29) is 37.5 Å². The number of aliphatic hydroxyl groups excluding tert-OH is 1. The van der Waals surface area contributed by atoms with Gasteiger partial charge >= 0.3 is 0 Å². The van der Waals surface area contributed by atoms with Gasteiger partial charge in [-0.25, -0.2) is 26.3 Å². The lowest BCUT2D eigenvalue weighted by Gasteiger charge is -2.21. The number of rotatable bonds is 8. The maximum atomic E-state index is 13.5. The Bertz CT molecular complexity index is 667. The van der Waals surface area contributed by atoms with E-state index in [1.807, 2.05) is 0 Å².